The van der Waals surface area contributed by atoms with Crippen LogP contribution >= 0.6 is 0 Å². The molecule has 21 heavy (non-hydrogen) atoms. The van der Waals surface area contributed by atoms with Crippen molar-refractivity contribution in [3.8, 4) is 11.8 Å². The van der Waals surface area contributed by atoms with Gasteiger partial charge in [-0.15, -0.1) is 0 Å². The minimum Gasteiger partial charge on any atom is -0.391 e. The van der Waals surface area contributed by atoms with Crippen molar-refractivity contribution in [1.29, 1.82) is 0 Å². The van der Waals surface area contributed by atoms with Crippen LogP contribution in [0.2, 0.25) is 0 Å². The number of nitrogens with zero attached hydrogens (tertiary/aromatic N) is 1. The molecule has 0 aromatic heterocycles. The number of nitrogens with two attached hydrogens (primary N) is 1. The van der Waals surface area contributed by atoms with Gasteiger partial charge in [-0.25, -0.2) is 4.39 Å². The average molecular weight is 290 g/mol. The average Bonchev–Trinajstić information content (AvgIpc) is 2.47. The highest BCUT2D eigenvalue weighted by atomic mass is 19.1. The summed E-state index contributed by atoms with van der Waals surface area (Å²) in [7, 11) is 0. The molecule has 1 fully saturated rings. The van der Waals surface area contributed by atoms with Gasteiger partial charge in [-0.3, -0.25) is 4.79 Å². The maximum absolute atomic E-state index is 14.0. The number of piperidine rings is 1. The molecule has 1 saturated heterocycles. The van der Waals surface area contributed by atoms with Crippen LogP contribution in [0, 0.1) is 23.6 Å². The first-order chi connectivity index (χ1) is 10.0. The number of halogens is 1. The number of β-amino-alcohol motifs (C(OH)–C–C–N with tert-alkyl or cyclic N) is 1. The fourth-order valence-corrected chi connectivity index (χ4v) is 2.32. The van der Waals surface area contributed by atoms with Gasteiger partial charge in [0.2, 0.25) is 0 Å². The predicted octanol–water partition coefficient (Wildman–Crippen LogP) is 0.979. The second kappa shape index (κ2) is 6.70. The number of hydrogen-bond donors (Lipinski definition) is 2. The molecule has 2 rings (SSSR count). The van der Waals surface area contributed by atoms with Crippen molar-refractivity contribution in [1.82, 2.24) is 4.90 Å². The molecule has 2 atom stereocenters. The maximum atomic E-state index is 14.0. The van der Waals surface area contributed by atoms with E-state index in [1.807, 2.05) is 6.92 Å². The third-order valence-electron chi connectivity index (χ3n) is 3.74. The Labute approximate surface area is 123 Å². The summed E-state index contributed by atoms with van der Waals surface area (Å²) >= 11 is 0. The van der Waals surface area contributed by atoms with Crippen LogP contribution in [0.3, 0.4) is 0 Å². The van der Waals surface area contributed by atoms with E-state index < -0.39 is 17.8 Å². The molecule has 4 nitrogen and oxygen atoms in total. The van der Waals surface area contributed by atoms with Crippen LogP contribution in [0.15, 0.2) is 18.2 Å². The molecular formula is C16H19FN2O2. The van der Waals surface area contributed by atoms with Crippen molar-refractivity contribution >= 4 is 5.91 Å². The van der Waals surface area contributed by atoms with Gasteiger partial charge < -0.3 is 15.7 Å². The highest BCUT2D eigenvalue weighted by Crippen LogP contribution is 2.20. The molecule has 1 aromatic carbocycles. The fraction of sp³-hybridized carbons (Fsp3) is 0.438. The number of benzene rings is 1. The first-order valence-electron chi connectivity index (χ1n) is 6.98. The van der Waals surface area contributed by atoms with Gasteiger partial charge in [0.05, 0.1) is 18.2 Å². The quantitative estimate of drug-likeness (QED) is 0.758. The molecule has 2 unspecified atom stereocenters. The molecule has 0 aliphatic carbocycles. The van der Waals surface area contributed by atoms with Crippen LogP contribution < -0.4 is 5.73 Å². The van der Waals surface area contributed by atoms with E-state index in [0.29, 0.717) is 18.5 Å². The lowest BCUT2D eigenvalue weighted by Crippen LogP contribution is -2.46. The highest BCUT2D eigenvalue weighted by Gasteiger charge is 2.28. The minimum atomic E-state index is -0.600. The van der Waals surface area contributed by atoms with Gasteiger partial charge in [0.1, 0.15) is 5.82 Å². The first kappa shape index (κ1) is 15.5. The van der Waals surface area contributed by atoms with Crippen molar-refractivity contribution in [2.24, 2.45) is 11.7 Å². The van der Waals surface area contributed by atoms with E-state index in [4.69, 9.17) is 5.73 Å². The van der Waals surface area contributed by atoms with Crippen LogP contribution in [0.25, 0.3) is 0 Å². The van der Waals surface area contributed by atoms with Crippen molar-refractivity contribution in [2.75, 3.05) is 19.6 Å². The molecular weight excluding hydrogens is 271 g/mol. The molecule has 112 valence electrons. The number of hydrogen-bond acceptors (Lipinski definition) is 3. The Kier molecular flexibility index (Phi) is 4.94. The van der Waals surface area contributed by atoms with Crippen LogP contribution in [-0.2, 0) is 0 Å². The Morgan fingerprint density at radius 3 is 2.95 bits per heavy atom. The van der Waals surface area contributed by atoms with E-state index in [0.717, 1.165) is 0 Å². The zero-order valence-corrected chi connectivity index (χ0v) is 12.0. The minimum absolute atomic E-state index is 0.00931. The van der Waals surface area contributed by atoms with Crippen LogP contribution in [-0.4, -0.2) is 41.7 Å². The SMILES string of the molecule is CC1CCN(C(=O)c2ccc(C#CCN)cc2F)CC1O. The van der Waals surface area contributed by atoms with E-state index in [9.17, 15) is 14.3 Å². The molecule has 0 bridgehead atoms. The lowest BCUT2D eigenvalue weighted by molar-refractivity contribution is 0.0246. The topological polar surface area (TPSA) is 66.6 Å². The molecule has 1 aliphatic heterocycles. The summed E-state index contributed by atoms with van der Waals surface area (Å²) in [5.41, 5.74) is 5.76. The number of amides is 1. The van der Waals surface area contributed by atoms with Gasteiger partial charge in [0.15, 0.2) is 0 Å². The third kappa shape index (κ3) is 3.60. The third-order valence-corrected chi connectivity index (χ3v) is 3.74. The summed E-state index contributed by atoms with van der Waals surface area (Å²) < 4.78 is 14.0. The van der Waals surface area contributed by atoms with Gasteiger partial charge in [-0.05, 0) is 30.5 Å². The van der Waals surface area contributed by atoms with Crippen LogP contribution in [0.1, 0.15) is 29.3 Å². The molecule has 1 aliphatic rings. The van der Waals surface area contributed by atoms with E-state index in [2.05, 4.69) is 11.8 Å². The Morgan fingerprint density at radius 1 is 1.57 bits per heavy atom. The van der Waals surface area contributed by atoms with Crippen molar-refractivity contribution < 1.29 is 14.3 Å². The van der Waals surface area contributed by atoms with Gasteiger partial charge in [-0.1, -0.05) is 18.8 Å². The summed E-state index contributed by atoms with van der Waals surface area (Å²) in [4.78, 5) is 13.8. The normalized spacial score (nSPS) is 21.6. The number of aliphatic hydroxyl groups is 1. The molecule has 1 aromatic rings. The Bertz CT molecular complexity index is 592. The highest BCUT2D eigenvalue weighted by molar-refractivity contribution is 5.94. The summed E-state index contributed by atoms with van der Waals surface area (Å²) in [6.07, 6.45) is 0.162. The second-order valence-corrected chi connectivity index (χ2v) is 5.29. The smallest absolute Gasteiger partial charge is 0.256 e. The lowest BCUT2D eigenvalue weighted by atomic mass is 9.95. The Morgan fingerprint density at radius 2 is 2.33 bits per heavy atom. The van der Waals surface area contributed by atoms with Crippen molar-refractivity contribution in [2.45, 2.75) is 19.4 Å². The molecule has 3 N–H and O–H groups in total. The number of aliphatic hydroxyl groups excluding tert-OH is 1. The molecule has 0 radical (unpaired) electrons. The van der Waals surface area contributed by atoms with Gasteiger partial charge in [0, 0.05) is 18.7 Å². The molecule has 5 heteroatoms. The van der Waals surface area contributed by atoms with E-state index in [1.54, 1.807) is 6.07 Å². The number of likely N-dealkylation sites (tertiary alicyclic amines) is 1. The van der Waals surface area contributed by atoms with Crippen LogP contribution in [0.5, 0.6) is 0 Å². The van der Waals surface area contributed by atoms with Crippen molar-refractivity contribution in [3.63, 3.8) is 0 Å². The fourth-order valence-electron chi connectivity index (χ4n) is 2.32. The number of rotatable bonds is 1. The number of carbonyl (C=O) groups excluding carboxylic acids is 1. The Hall–Kier alpha value is -1.90. The molecule has 1 amide bonds. The predicted molar refractivity (Wildman–Crippen MR) is 78.0 cm³/mol. The standard InChI is InChI=1S/C16H19FN2O2/c1-11-6-8-19(10-15(11)20)16(21)13-5-4-12(3-2-7-18)9-14(13)17/h4-5,9,11,15,20H,6-8,10,18H2,1H3. The van der Waals surface area contributed by atoms with Crippen LogP contribution in [0.4, 0.5) is 4.39 Å². The Balaban J connectivity index is 2.16. The maximum Gasteiger partial charge on any atom is 0.256 e. The van der Waals surface area contributed by atoms with Gasteiger partial charge >= 0.3 is 0 Å². The molecule has 0 spiro atoms. The summed E-state index contributed by atoms with van der Waals surface area (Å²) in [6, 6.07) is 4.27. The second-order valence-electron chi connectivity index (χ2n) is 5.29. The first-order valence-corrected chi connectivity index (χ1v) is 6.98. The largest absolute Gasteiger partial charge is 0.391 e. The van der Waals surface area contributed by atoms with E-state index in [1.165, 1.54) is 17.0 Å². The molecule has 0 saturated carbocycles. The van der Waals surface area contributed by atoms with E-state index >= 15 is 0 Å². The zero-order chi connectivity index (χ0) is 15.4. The van der Waals surface area contributed by atoms with Crippen molar-refractivity contribution in [3.05, 3.63) is 35.1 Å². The number of carbonyl (C=O) groups is 1. The monoisotopic (exact) mass is 290 g/mol. The van der Waals surface area contributed by atoms with Gasteiger partial charge in [-0.2, -0.15) is 0 Å². The zero-order valence-electron chi connectivity index (χ0n) is 12.0. The lowest BCUT2D eigenvalue weighted by Gasteiger charge is -2.34. The summed E-state index contributed by atoms with van der Waals surface area (Å²) in [5.74, 6) is 4.53. The summed E-state index contributed by atoms with van der Waals surface area (Å²) in [5, 5.41) is 9.84. The summed E-state index contributed by atoms with van der Waals surface area (Å²) in [6.45, 7) is 2.92. The van der Waals surface area contributed by atoms with E-state index in [-0.39, 0.29) is 24.6 Å². The van der Waals surface area contributed by atoms with Gasteiger partial charge in [0.25, 0.3) is 5.91 Å². The molecule has 1 heterocycles.